The van der Waals surface area contributed by atoms with E-state index in [0.717, 1.165) is 24.8 Å². The molecule has 2 bridgehead atoms. The average molecular weight is 916 g/mol. The first-order valence-electron chi connectivity index (χ1n) is 24.2. The summed E-state index contributed by atoms with van der Waals surface area (Å²) in [6.07, 6.45) is 9.61. The van der Waals surface area contributed by atoms with Crippen molar-refractivity contribution in [2.45, 2.75) is 193 Å². The molecule has 0 aromatic rings. The second-order valence-corrected chi connectivity index (χ2v) is 19.9. The molecule has 4 aliphatic rings. The topological polar surface area (TPSA) is 195 Å². The lowest BCUT2D eigenvalue weighted by Gasteiger charge is -2.42. The van der Waals surface area contributed by atoms with Crippen molar-refractivity contribution in [3.8, 4) is 0 Å². The summed E-state index contributed by atoms with van der Waals surface area (Å²) in [4.78, 5) is 71.8. The van der Waals surface area contributed by atoms with Crippen LogP contribution >= 0.6 is 0 Å². The van der Waals surface area contributed by atoms with Gasteiger partial charge < -0.3 is 43.9 Å². The Labute approximate surface area is 387 Å². The van der Waals surface area contributed by atoms with Gasteiger partial charge in [-0.2, -0.15) is 0 Å². The third kappa shape index (κ3) is 14.4. The Morgan fingerprint density at radius 3 is 2.26 bits per heavy atom. The third-order valence-electron chi connectivity index (χ3n) is 14.7. The molecule has 368 valence electrons. The van der Waals surface area contributed by atoms with Crippen LogP contribution in [0.1, 0.15) is 138 Å². The van der Waals surface area contributed by atoms with E-state index in [1.165, 1.54) is 12.0 Å². The molecule has 3 fully saturated rings. The number of carbonyl (C=O) groups excluding carboxylic acids is 5. The summed E-state index contributed by atoms with van der Waals surface area (Å²) in [6.45, 7) is 12.9. The molecule has 3 heterocycles. The van der Waals surface area contributed by atoms with Crippen LogP contribution in [0.25, 0.3) is 0 Å². The number of Topliss-reactive ketones (excluding diaryl/α,β-unsaturated/α-hetero) is 3. The van der Waals surface area contributed by atoms with Gasteiger partial charge in [-0.05, 0) is 120 Å². The summed E-state index contributed by atoms with van der Waals surface area (Å²) in [5, 5.41) is 33.9. The van der Waals surface area contributed by atoms with Gasteiger partial charge in [0.05, 0.1) is 24.4 Å². The number of amides is 1. The van der Waals surface area contributed by atoms with Crippen LogP contribution in [0.15, 0.2) is 35.5 Å². The molecule has 0 aromatic heterocycles. The van der Waals surface area contributed by atoms with Crippen LogP contribution in [0.5, 0.6) is 0 Å². The molecule has 2 saturated heterocycles. The predicted molar refractivity (Wildman–Crippen MR) is 245 cm³/mol. The maximum Gasteiger partial charge on any atom is 0.329 e. The Bertz CT molecular complexity index is 1710. The van der Waals surface area contributed by atoms with Crippen molar-refractivity contribution >= 4 is 29.2 Å². The Hall–Kier alpha value is -3.11. The third-order valence-corrected chi connectivity index (χ3v) is 14.7. The van der Waals surface area contributed by atoms with Gasteiger partial charge in [0.25, 0.3) is 11.7 Å². The van der Waals surface area contributed by atoms with Gasteiger partial charge in [0, 0.05) is 58.5 Å². The minimum Gasteiger partial charge on any atom is -0.460 e. The zero-order chi connectivity index (χ0) is 48.2. The summed E-state index contributed by atoms with van der Waals surface area (Å²) >= 11 is 0. The normalized spacial score (nSPS) is 40.2. The quantitative estimate of drug-likeness (QED) is 0.151. The van der Waals surface area contributed by atoms with Crippen LogP contribution in [-0.2, 0) is 47.7 Å². The molecular formula is C51H81NO13. The second kappa shape index (κ2) is 25.3. The van der Waals surface area contributed by atoms with Crippen LogP contribution in [0.2, 0.25) is 0 Å². The molecule has 1 aliphatic carbocycles. The van der Waals surface area contributed by atoms with Gasteiger partial charge in [0.15, 0.2) is 5.78 Å². The van der Waals surface area contributed by atoms with Gasteiger partial charge >= 0.3 is 5.97 Å². The minimum atomic E-state index is -2.41. The van der Waals surface area contributed by atoms with E-state index in [-0.39, 0.29) is 60.9 Å². The Balaban J connectivity index is 1.69. The SMILES string of the molecule is CO[C@H]1C[C@@H]2CC[C@@H](C)[C@@](O)(O2)C(=O)C(=O)N2CCCC[C@H]2C(=O)O[C@H]([C@H](C)C[C@H]2CC[C@@H](O)[C@H](OC)C2)CC(=O)[C@H](C)/C=C(/C)[C@@H](O)[C@@H](OC)C(=O)[C@H](C)C[C@H](C)/C=C\CC/C=C\1C. The highest BCUT2D eigenvalue weighted by atomic mass is 16.6. The average Bonchev–Trinajstić information content (AvgIpc) is 3.28. The van der Waals surface area contributed by atoms with E-state index in [0.29, 0.717) is 63.4 Å². The first-order valence-corrected chi connectivity index (χ1v) is 24.2. The second-order valence-electron chi connectivity index (χ2n) is 19.9. The number of hydrogen-bond acceptors (Lipinski definition) is 13. The molecular weight excluding hydrogens is 835 g/mol. The summed E-state index contributed by atoms with van der Waals surface area (Å²) in [7, 11) is 4.56. The molecule has 3 N–H and O–H groups in total. The van der Waals surface area contributed by atoms with E-state index in [1.54, 1.807) is 41.1 Å². The van der Waals surface area contributed by atoms with Crippen molar-refractivity contribution in [3.63, 3.8) is 0 Å². The molecule has 65 heavy (non-hydrogen) atoms. The van der Waals surface area contributed by atoms with Gasteiger partial charge in [-0.25, -0.2) is 4.79 Å². The fraction of sp³-hybridized carbons (Fsp3) is 0.784. The first kappa shape index (κ1) is 54.5. The number of cyclic esters (lactones) is 1. The van der Waals surface area contributed by atoms with Gasteiger partial charge in [0.1, 0.15) is 30.1 Å². The van der Waals surface area contributed by atoms with Gasteiger partial charge in [-0.3, -0.25) is 19.2 Å². The van der Waals surface area contributed by atoms with Crippen molar-refractivity contribution in [1.29, 1.82) is 0 Å². The van der Waals surface area contributed by atoms with Crippen molar-refractivity contribution in [2.75, 3.05) is 27.9 Å². The number of aliphatic hydroxyl groups excluding tert-OH is 2. The molecule has 14 nitrogen and oxygen atoms in total. The Morgan fingerprint density at radius 1 is 0.862 bits per heavy atom. The number of fused-ring (bicyclic) bond motifs is 3. The highest BCUT2D eigenvalue weighted by Gasteiger charge is 2.53. The molecule has 15 atom stereocenters. The van der Waals surface area contributed by atoms with E-state index in [1.807, 2.05) is 27.7 Å². The zero-order valence-electron chi connectivity index (χ0n) is 40.9. The zero-order valence-corrected chi connectivity index (χ0v) is 40.9. The molecule has 3 aliphatic heterocycles. The molecule has 0 aromatic carbocycles. The maximum atomic E-state index is 14.4. The fourth-order valence-electron chi connectivity index (χ4n) is 10.4. The number of hydrogen-bond donors (Lipinski definition) is 3. The molecule has 1 amide bonds. The number of allylic oxidation sites excluding steroid dienone is 4. The number of ketones is 3. The van der Waals surface area contributed by atoms with Crippen LogP contribution in [0.4, 0.5) is 0 Å². The maximum absolute atomic E-state index is 14.4. The fourth-order valence-corrected chi connectivity index (χ4v) is 10.4. The number of esters is 1. The standard InChI is InChI=1S/C51H81NO13/c1-30-16-12-11-13-17-31(2)42(61-8)28-38-21-19-36(7)51(60,65-38)48(57)49(58)52-23-15-14-18-39(52)50(59)64-43(33(4)26-37-20-22-40(53)44(27-37)62-9)29-41(54)32(3)25-35(6)46(56)47(63-10)45(55)34(5)24-30/h12,16-17,25,30,32-34,36-40,42-44,46-47,53,56,60H,11,13-15,18-24,26-29H2,1-10H3/b16-12-,31-17-,35-25-/t30-,32-,33-,34-,36-,37-,38+,39+,40-,42+,43+,44-,46-,47+,51-/m1/s1. The van der Waals surface area contributed by atoms with Crippen LogP contribution in [-0.4, -0.2) is 132 Å². The van der Waals surface area contributed by atoms with Crippen LogP contribution in [0.3, 0.4) is 0 Å². The Kier molecular flexibility index (Phi) is 21.2. The molecule has 0 unspecified atom stereocenters. The molecule has 0 spiro atoms. The van der Waals surface area contributed by atoms with E-state index in [2.05, 4.69) is 18.2 Å². The van der Waals surface area contributed by atoms with E-state index >= 15 is 0 Å². The predicted octanol–water partition coefficient (Wildman–Crippen LogP) is 6.40. The lowest BCUT2D eigenvalue weighted by molar-refractivity contribution is -0.265. The number of carbonyl (C=O) groups is 5. The van der Waals surface area contributed by atoms with E-state index in [4.69, 9.17) is 23.7 Å². The summed E-state index contributed by atoms with van der Waals surface area (Å²) in [5.41, 5.74) is 1.36. The van der Waals surface area contributed by atoms with Crippen molar-refractivity contribution in [3.05, 3.63) is 35.5 Å². The number of methoxy groups -OCH3 is 3. The Morgan fingerprint density at radius 2 is 1.58 bits per heavy atom. The molecule has 1 saturated carbocycles. The number of rotatable bonds is 6. The molecule has 0 radical (unpaired) electrons. The van der Waals surface area contributed by atoms with Crippen LogP contribution < -0.4 is 0 Å². The van der Waals surface area contributed by atoms with E-state index < -0.39 is 77.8 Å². The van der Waals surface area contributed by atoms with E-state index in [9.17, 15) is 39.3 Å². The minimum absolute atomic E-state index is 0.0706. The highest BCUT2D eigenvalue weighted by Crippen LogP contribution is 2.38. The van der Waals surface area contributed by atoms with Gasteiger partial charge in [-0.1, -0.05) is 58.9 Å². The van der Waals surface area contributed by atoms with Crippen molar-refractivity contribution < 1.29 is 63.0 Å². The summed E-state index contributed by atoms with van der Waals surface area (Å²) in [6, 6.07) is -1.13. The monoisotopic (exact) mass is 916 g/mol. The van der Waals surface area contributed by atoms with Crippen molar-refractivity contribution in [2.24, 2.45) is 35.5 Å². The lowest BCUT2D eigenvalue weighted by atomic mass is 9.78. The molecule has 14 heteroatoms. The highest BCUT2D eigenvalue weighted by molar-refractivity contribution is 6.39. The van der Waals surface area contributed by atoms with Crippen molar-refractivity contribution in [1.82, 2.24) is 4.90 Å². The lowest BCUT2D eigenvalue weighted by Crippen LogP contribution is -2.61. The number of ether oxygens (including phenoxy) is 5. The van der Waals surface area contributed by atoms with Gasteiger partial charge in [-0.15, -0.1) is 0 Å². The summed E-state index contributed by atoms with van der Waals surface area (Å²) in [5.74, 6) is -7.80. The molecule has 4 rings (SSSR count). The van der Waals surface area contributed by atoms with Crippen LogP contribution in [0, 0.1) is 35.5 Å². The largest absolute Gasteiger partial charge is 0.460 e. The van der Waals surface area contributed by atoms with Gasteiger partial charge in [0.2, 0.25) is 5.79 Å². The summed E-state index contributed by atoms with van der Waals surface area (Å²) < 4.78 is 29.4. The number of nitrogens with zero attached hydrogens (tertiary/aromatic N) is 1. The first-order chi connectivity index (χ1) is 30.7. The number of aliphatic hydroxyl groups is 3. The number of piperidine rings is 1. The smallest absolute Gasteiger partial charge is 0.329 e.